The minimum atomic E-state index is -1.04. The number of carbonyl (C=O) groups is 3. The number of ketones is 2. The van der Waals surface area contributed by atoms with E-state index in [1.165, 1.54) is 12.5 Å². The zero-order valence-corrected chi connectivity index (χ0v) is 23.7. The fourth-order valence-electron chi connectivity index (χ4n) is 8.01. The summed E-state index contributed by atoms with van der Waals surface area (Å²) in [6.07, 6.45) is 11.6. The van der Waals surface area contributed by atoms with Gasteiger partial charge in [-0.25, -0.2) is 0 Å². The van der Waals surface area contributed by atoms with E-state index in [0.717, 1.165) is 30.4 Å². The fraction of sp³-hybridized carbons (Fsp3) is 0.656. The largest absolute Gasteiger partial charge is 0.504 e. The number of aliphatic hydroxyl groups excluding tert-OH is 1. The van der Waals surface area contributed by atoms with Gasteiger partial charge in [-0.3, -0.25) is 14.4 Å². The minimum Gasteiger partial charge on any atom is -0.504 e. The summed E-state index contributed by atoms with van der Waals surface area (Å²) in [6.45, 7) is 14.1. The summed E-state index contributed by atoms with van der Waals surface area (Å²) in [6, 6.07) is 0. The first-order valence-electron chi connectivity index (χ1n) is 14.0. The van der Waals surface area contributed by atoms with Crippen molar-refractivity contribution in [1.82, 2.24) is 0 Å². The zero-order chi connectivity index (χ0) is 27.3. The summed E-state index contributed by atoms with van der Waals surface area (Å²) < 4.78 is 5.27. The second kappa shape index (κ2) is 9.71. The molecule has 1 unspecified atom stereocenters. The van der Waals surface area contributed by atoms with E-state index in [1.54, 1.807) is 0 Å². The Morgan fingerprint density at radius 3 is 2.46 bits per heavy atom. The Hall–Kier alpha value is -2.43. The van der Waals surface area contributed by atoms with Crippen molar-refractivity contribution >= 4 is 17.5 Å². The lowest BCUT2D eigenvalue weighted by Gasteiger charge is -2.56. The second-order valence-corrected chi connectivity index (χ2v) is 13.1. The van der Waals surface area contributed by atoms with Crippen LogP contribution < -0.4 is 0 Å². The first-order chi connectivity index (χ1) is 17.3. The summed E-state index contributed by atoms with van der Waals surface area (Å²) in [5.41, 5.74) is 1.80. The highest BCUT2D eigenvalue weighted by Crippen LogP contribution is 2.68. The smallest absolute Gasteiger partial charge is 0.302 e. The van der Waals surface area contributed by atoms with E-state index < -0.39 is 10.8 Å². The molecule has 0 aliphatic heterocycles. The summed E-state index contributed by atoms with van der Waals surface area (Å²) in [4.78, 5) is 40.7. The summed E-state index contributed by atoms with van der Waals surface area (Å²) in [7, 11) is 0. The van der Waals surface area contributed by atoms with Crippen LogP contribution in [0.25, 0.3) is 0 Å². The number of carbonyl (C=O) groups excluding carboxylic acids is 3. The molecule has 0 bridgehead atoms. The molecule has 0 radical (unpaired) electrons. The van der Waals surface area contributed by atoms with Crippen molar-refractivity contribution in [2.24, 2.45) is 34.0 Å². The maximum Gasteiger partial charge on any atom is 0.302 e. The third kappa shape index (κ3) is 4.36. The molecule has 4 aliphatic rings. The Labute approximate surface area is 222 Å². The van der Waals surface area contributed by atoms with Crippen LogP contribution in [0.2, 0.25) is 0 Å². The normalized spacial score (nSPS) is 33.0. The third-order valence-corrected chi connectivity index (χ3v) is 9.66. The van der Waals surface area contributed by atoms with Crippen molar-refractivity contribution in [3.05, 3.63) is 46.3 Å². The van der Waals surface area contributed by atoms with Gasteiger partial charge < -0.3 is 9.84 Å². The molecule has 0 aromatic rings. The van der Waals surface area contributed by atoms with Gasteiger partial charge in [-0.1, -0.05) is 62.6 Å². The van der Waals surface area contributed by atoms with Crippen molar-refractivity contribution in [1.29, 1.82) is 0 Å². The van der Waals surface area contributed by atoms with Crippen molar-refractivity contribution in [3.8, 4) is 0 Å². The predicted octanol–water partition coefficient (Wildman–Crippen LogP) is 6.99. The molecule has 37 heavy (non-hydrogen) atoms. The number of hydrogen-bond donors (Lipinski definition) is 1. The van der Waals surface area contributed by atoms with E-state index in [9.17, 15) is 19.5 Å². The lowest BCUT2D eigenvalue weighted by atomic mass is 9.43. The van der Waals surface area contributed by atoms with E-state index in [4.69, 9.17) is 4.74 Å². The average molecular weight is 509 g/mol. The van der Waals surface area contributed by atoms with E-state index in [2.05, 4.69) is 32.1 Å². The first kappa shape index (κ1) is 27.6. The van der Waals surface area contributed by atoms with Crippen LogP contribution in [0.5, 0.6) is 0 Å². The summed E-state index contributed by atoms with van der Waals surface area (Å²) in [5.74, 6) is -1.18. The SMILES string of the molecule is CC(=O)OCCC1=CC(C=C(C)C)[C@]23CC[C@@H]4C(=CCCC4(C)C)C[C@@]2(C1)C(=O)C(O)=C(C(C)C)C3=O. The lowest BCUT2D eigenvalue weighted by Crippen LogP contribution is -2.61. The molecule has 0 aromatic carbocycles. The Morgan fingerprint density at radius 1 is 1.14 bits per heavy atom. The van der Waals surface area contributed by atoms with Gasteiger partial charge in [0, 0.05) is 24.8 Å². The highest BCUT2D eigenvalue weighted by Gasteiger charge is 2.69. The van der Waals surface area contributed by atoms with Gasteiger partial charge in [0.15, 0.2) is 11.5 Å². The van der Waals surface area contributed by atoms with Crippen LogP contribution in [0, 0.1) is 34.0 Å². The molecule has 5 heteroatoms. The van der Waals surface area contributed by atoms with Crippen LogP contribution >= 0.6 is 0 Å². The van der Waals surface area contributed by atoms with Gasteiger partial charge in [0.25, 0.3) is 0 Å². The number of esters is 1. The Bertz CT molecular complexity index is 1130. The van der Waals surface area contributed by atoms with E-state index >= 15 is 0 Å². The van der Waals surface area contributed by atoms with Crippen LogP contribution in [0.4, 0.5) is 0 Å². The topological polar surface area (TPSA) is 80.7 Å². The van der Waals surface area contributed by atoms with Gasteiger partial charge in [0.05, 0.1) is 17.4 Å². The molecule has 4 rings (SSSR count). The van der Waals surface area contributed by atoms with Gasteiger partial charge in [-0.15, -0.1) is 0 Å². The van der Waals surface area contributed by atoms with Gasteiger partial charge in [-0.05, 0) is 69.6 Å². The highest BCUT2D eigenvalue weighted by molar-refractivity contribution is 6.17. The Kier molecular flexibility index (Phi) is 7.24. The Morgan fingerprint density at radius 2 is 1.84 bits per heavy atom. The quantitative estimate of drug-likeness (QED) is 0.320. The molecule has 0 spiro atoms. The molecule has 0 saturated heterocycles. The highest BCUT2D eigenvalue weighted by atomic mass is 16.5. The van der Waals surface area contributed by atoms with Crippen LogP contribution in [0.1, 0.15) is 93.4 Å². The number of rotatable bonds is 5. The van der Waals surface area contributed by atoms with Crippen molar-refractivity contribution in [3.63, 3.8) is 0 Å². The standard InChI is InChI=1S/C32H44O5/c1-19(2)15-24-16-22(11-14-37-21(5)33)17-31-18-23-9-8-12-30(6,7)25(23)10-13-32(24,31)28(35)26(20(3)4)27(34)29(31)36/h9,15-16,20,24-25,34H,8,10-14,17-18H2,1-7H3/t24?,25-,31+,32+/m1/s1. The Balaban J connectivity index is 1.97. The maximum atomic E-state index is 14.7. The van der Waals surface area contributed by atoms with E-state index in [0.29, 0.717) is 37.2 Å². The first-order valence-corrected chi connectivity index (χ1v) is 14.0. The molecule has 0 amide bonds. The number of hydrogen-bond acceptors (Lipinski definition) is 5. The van der Waals surface area contributed by atoms with Crippen molar-refractivity contribution in [2.75, 3.05) is 6.61 Å². The molecular formula is C32H44O5. The molecule has 5 nitrogen and oxygen atoms in total. The zero-order valence-electron chi connectivity index (χ0n) is 23.7. The van der Waals surface area contributed by atoms with Crippen LogP contribution in [0.3, 0.4) is 0 Å². The molecule has 0 heterocycles. The minimum absolute atomic E-state index is 0.0468. The molecule has 1 saturated carbocycles. The molecular weight excluding hydrogens is 464 g/mol. The van der Waals surface area contributed by atoms with Crippen LogP contribution in [0.15, 0.2) is 46.3 Å². The number of Topliss-reactive ketones (excluding diaryl/α,β-unsaturated/α-hetero) is 2. The van der Waals surface area contributed by atoms with Gasteiger partial charge in [0.1, 0.15) is 0 Å². The van der Waals surface area contributed by atoms with Crippen LogP contribution in [-0.2, 0) is 19.1 Å². The molecule has 4 aliphatic carbocycles. The molecule has 1 N–H and O–H groups in total. The number of aliphatic hydroxyl groups is 1. The molecule has 4 atom stereocenters. The number of allylic oxidation sites excluding steroid dienone is 7. The predicted molar refractivity (Wildman–Crippen MR) is 145 cm³/mol. The lowest BCUT2D eigenvalue weighted by molar-refractivity contribution is -0.155. The molecule has 202 valence electrons. The van der Waals surface area contributed by atoms with Crippen molar-refractivity contribution < 1.29 is 24.2 Å². The number of fused-ring (bicyclic) bond motifs is 1. The second-order valence-electron chi connectivity index (χ2n) is 13.1. The van der Waals surface area contributed by atoms with E-state index in [-0.39, 0.29) is 47.2 Å². The van der Waals surface area contributed by atoms with E-state index in [1.807, 2.05) is 27.7 Å². The monoisotopic (exact) mass is 508 g/mol. The van der Waals surface area contributed by atoms with Crippen molar-refractivity contribution in [2.45, 2.75) is 93.4 Å². The molecule has 0 aromatic heterocycles. The van der Waals surface area contributed by atoms with Gasteiger partial charge >= 0.3 is 5.97 Å². The average Bonchev–Trinajstić information content (AvgIpc) is 2.93. The summed E-state index contributed by atoms with van der Waals surface area (Å²) >= 11 is 0. The summed E-state index contributed by atoms with van der Waals surface area (Å²) in [5, 5.41) is 11.3. The van der Waals surface area contributed by atoms with Crippen LogP contribution in [-0.4, -0.2) is 29.2 Å². The number of ether oxygens (including phenoxy) is 1. The van der Waals surface area contributed by atoms with Gasteiger partial charge in [0.2, 0.25) is 5.78 Å². The maximum absolute atomic E-state index is 14.7. The fourth-order valence-corrected chi connectivity index (χ4v) is 8.01. The van der Waals surface area contributed by atoms with Gasteiger partial charge in [-0.2, -0.15) is 0 Å². The molecule has 1 fully saturated rings. The third-order valence-electron chi connectivity index (χ3n) is 9.66.